The van der Waals surface area contributed by atoms with Crippen molar-refractivity contribution in [2.75, 3.05) is 30.7 Å². The normalized spacial score (nSPS) is 16.5. The summed E-state index contributed by atoms with van der Waals surface area (Å²) in [5.74, 6) is 0.0532. The van der Waals surface area contributed by atoms with E-state index in [4.69, 9.17) is 0 Å². The molecule has 2 N–H and O–H groups in total. The number of para-hydroxylation sites is 1. The summed E-state index contributed by atoms with van der Waals surface area (Å²) >= 11 is 0. The first-order valence-corrected chi connectivity index (χ1v) is 11.2. The molecule has 1 amide bonds. The third-order valence-corrected chi connectivity index (χ3v) is 6.77. The van der Waals surface area contributed by atoms with Gasteiger partial charge < -0.3 is 10.6 Å². The standard InChI is InChI=1S/C19H31N3O3S/c1-3-5-14-26(24,25)22-12-10-16(11-13-22)19(23)21-18-9-7-6-8-17(18)15-20-4-2/h6-9,16,20H,3-5,10-15H2,1-2H3,(H,21,23). The lowest BCUT2D eigenvalue weighted by molar-refractivity contribution is -0.120. The molecule has 1 aliphatic rings. The molecule has 0 bridgehead atoms. The molecular formula is C19H31N3O3S. The molecule has 0 unspecified atom stereocenters. The Morgan fingerprint density at radius 1 is 1.19 bits per heavy atom. The summed E-state index contributed by atoms with van der Waals surface area (Å²) in [5.41, 5.74) is 1.89. The number of rotatable bonds is 9. The van der Waals surface area contributed by atoms with E-state index in [2.05, 4.69) is 10.6 Å². The van der Waals surface area contributed by atoms with Crippen molar-refractivity contribution in [3.63, 3.8) is 0 Å². The Hall–Kier alpha value is -1.44. The predicted octanol–water partition coefficient (Wildman–Crippen LogP) is 2.58. The van der Waals surface area contributed by atoms with E-state index in [-0.39, 0.29) is 17.6 Å². The van der Waals surface area contributed by atoms with E-state index >= 15 is 0 Å². The van der Waals surface area contributed by atoms with Gasteiger partial charge in [0.2, 0.25) is 15.9 Å². The minimum absolute atomic E-state index is 0.0143. The van der Waals surface area contributed by atoms with Gasteiger partial charge in [-0.3, -0.25) is 4.79 Å². The number of piperidine rings is 1. The first-order chi connectivity index (χ1) is 12.5. The third kappa shape index (κ3) is 5.79. The topological polar surface area (TPSA) is 78.5 Å². The summed E-state index contributed by atoms with van der Waals surface area (Å²) in [4.78, 5) is 12.6. The maximum atomic E-state index is 12.6. The van der Waals surface area contributed by atoms with Crippen LogP contribution in [-0.2, 0) is 21.4 Å². The zero-order valence-corrected chi connectivity index (χ0v) is 16.6. The summed E-state index contributed by atoms with van der Waals surface area (Å²) in [7, 11) is -3.18. The monoisotopic (exact) mass is 381 g/mol. The van der Waals surface area contributed by atoms with Gasteiger partial charge in [-0.2, -0.15) is 0 Å². The molecule has 1 saturated heterocycles. The van der Waals surface area contributed by atoms with Gasteiger partial charge in [0.05, 0.1) is 5.75 Å². The van der Waals surface area contributed by atoms with Crippen molar-refractivity contribution in [1.29, 1.82) is 0 Å². The molecule has 2 rings (SSSR count). The predicted molar refractivity (Wildman–Crippen MR) is 105 cm³/mol. The van der Waals surface area contributed by atoms with Crippen LogP contribution in [0.2, 0.25) is 0 Å². The van der Waals surface area contributed by atoms with E-state index in [1.54, 1.807) is 4.31 Å². The van der Waals surface area contributed by atoms with E-state index in [0.29, 0.717) is 38.9 Å². The molecule has 0 aromatic heterocycles. The van der Waals surface area contributed by atoms with Crippen molar-refractivity contribution in [3.8, 4) is 0 Å². The molecule has 0 radical (unpaired) electrons. The highest BCUT2D eigenvalue weighted by Gasteiger charge is 2.30. The van der Waals surface area contributed by atoms with Gasteiger partial charge in [-0.05, 0) is 37.4 Å². The van der Waals surface area contributed by atoms with Crippen molar-refractivity contribution in [3.05, 3.63) is 29.8 Å². The fourth-order valence-electron chi connectivity index (χ4n) is 3.14. The van der Waals surface area contributed by atoms with Crippen LogP contribution in [0.5, 0.6) is 0 Å². The Kier molecular flexibility index (Phi) is 8.06. The van der Waals surface area contributed by atoms with Crippen LogP contribution in [0.1, 0.15) is 45.1 Å². The van der Waals surface area contributed by atoms with Crippen molar-refractivity contribution in [2.45, 2.75) is 46.1 Å². The summed E-state index contributed by atoms with van der Waals surface area (Å²) < 4.78 is 26.1. The van der Waals surface area contributed by atoms with Crippen molar-refractivity contribution >= 4 is 21.6 Å². The fourth-order valence-corrected chi connectivity index (χ4v) is 4.82. The molecule has 26 heavy (non-hydrogen) atoms. The van der Waals surface area contributed by atoms with Gasteiger partial charge in [0.25, 0.3) is 0 Å². The Balaban J connectivity index is 1.91. The maximum absolute atomic E-state index is 12.6. The molecule has 1 fully saturated rings. The molecule has 7 heteroatoms. The zero-order valence-electron chi connectivity index (χ0n) is 15.8. The number of nitrogens with zero attached hydrogens (tertiary/aromatic N) is 1. The SMILES string of the molecule is CCCCS(=O)(=O)N1CCC(C(=O)Nc2ccccc2CNCC)CC1. The quantitative estimate of drug-likeness (QED) is 0.689. The zero-order chi connectivity index (χ0) is 19.0. The largest absolute Gasteiger partial charge is 0.326 e. The number of hydrogen-bond acceptors (Lipinski definition) is 4. The second kappa shape index (κ2) is 10.0. The van der Waals surface area contributed by atoms with E-state index in [1.165, 1.54) is 0 Å². The molecule has 0 saturated carbocycles. The third-order valence-electron chi connectivity index (χ3n) is 4.81. The minimum Gasteiger partial charge on any atom is -0.326 e. The van der Waals surface area contributed by atoms with E-state index in [9.17, 15) is 13.2 Å². The summed E-state index contributed by atoms with van der Waals surface area (Å²) in [6, 6.07) is 7.78. The number of unbranched alkanes of at least 4 members (excludes halogenated alkanes) is 1. The van der Waals surface area contributed by atoms with E-state index in [1.807, 2.05) is 38.1 Å². The second-order valence-corrected chi connectivity index (χ2v) is 8.86. The molecule has 1 aromatic carbocycles. The number of amides is 1. The highest BCUT2D eigenvalue weighted by atomic mass is 32.2. The van der Waals surface area contributed by atoms with Gasteiger partial charge in [0.1, 0.15) is 0 Å². The van der Waals surface area contributed by atoms with Crippen LogP contribution in [0, 0.1) is 5.92 Å². The van der Waals surface area contributed by atoms with Gasteiger partial charge in [0.15, 0.2) is 0 Å². The fraction of sp³-hybridized carbons (Fsp3) is 0.632. The molecule has 1 aromatic rings. The molecule has 0 aliphatic carbocycles. The highest BCUT2D eigenvalue weighted by Crippen LogP contribution is 2.23. The van der Waals surface area contributed by atoms with Crippen molar-refractivity contribution < 1.29 is 13.2 Å². The number of carbonyl (C=O) groups excluding carboxylic acids is 1. The van der Waals surface area contributed by atoms with Gasteiger partial charge in [0, 0.05) is 31.2 Å². The van der Waals surface area contributed by atoms with Crippen molar-refractivity contribution in [2.24, 2.45) is 5.92 Å². The lowest BCUT2D eigenvalue weighted by Gasteiger charge is -2.30. The summed E-state index contributed by atoms with van der Waals surface area (Å²) in [6.07, 6.45) is 2.70. The lowest BCUT2D eigenvalue weighted by Crippen LogP contribution is -2.42. The lowest BCUT2D eigenvalue weighted by atomic mass is 9.97. The Labute approximate surface area is 157 Å². The Bertz CT molecular complexity index is 683. The molecule has 0 atom stereocenters. The molecule has 0 spiro atoms. The number of sulfonamides is 1. The second-order valence-electron chi connectivity index (χ2n) is 6.77. The summed E-state index contributed by atoms with van der Waals surface area (Å²) in [6.45, 7) is 6.48. The van der Waals surface area contributed by atoms with Crippen LogP contribution in [0.3, 0.4) is 0 Å². The van der Waals surface area contributed by atoms with Crippen LogP contribution in [0.25, 0.3) is 0 Å². The van der Waals surface area contributed by atoms with Gasteiger partial charge in [-0.15, -0.1) is 0 Å². The van der Waals surface area contributed by atoms with Crippen LogP contribution in [0.15, 0.2) is 24.3 Å². The highest BCUT2D eigenvalue weighted by molar-refractivity contribution is 7.89. The minimum atomic E-state index is -3.18. The van der Waals surface area contributed by atoms with Gasteiger partial charge >= 0.3 is 0 Å². The smallest absolute Gasteiger partial charge is 0.227 e. The molecular weight excluding hydrogens is 350 g/mol. The van der Waals surface area contributed by atoms with Crippen molar-refractivity contribution in [1.82, 2.24) is 9.62 Å². The van der Waals surface area contributed by atoms with Gasteiger partial charge in [-0.1, -0.05) is 38.5 Å². The van der Waals surface area contributed by atoms with Gasteiger partial charge in [-0.25, -0.2) is 12.7 Å². The summed E-state index contributed by atoms with van der Waals surface area (Å²) in [5, 5.41) is 6.30. The number of hydrogen-bond donors (Lipinski definition) is 2. The van der Waals surface area contributed by atoms with E-state index < -0.39 is 10.0 Å². The average molecular weight is 382 g/mol. The van der Waals surface area contributed by atoms with Crippen LogP contribution in [0.4, 0.5) is 5.69 Å². The number of anilines is 1. The molecule has 6 nitrogen and oxygen atoms in total. The average Bonchev–Trinajstić information content (AvgIpc) is 2.66. The number of nitrogens with one attached hydrogen (secondary N) is 2. The maximum Gasteiger partial charge on any atom is 0.227 e. The first-order valence-electron chi connectivity index (χ1n) is 9.55. The molecule has 146 valence electrons. The number of benzene rings is 1. The first kappa shape index (κ1) is 20.9. The van der Waals surface area contributed by atoms with Crippen LogP contribution < -0.4 is 10.6 Å². The Morgan fingerprint density at radius 3 is 2.54 bits per heavy atom. The van der Waals surface area contributed by atoms with Crippen LogP contribution >= 0.6 is 0 Å². The molecule has 1 heterocycles. The van der Waals surface area contributed by atoms with Crippen LogP contribution in [-0.4, -0.2) is 44.0 Å². The van der Waals surface area contributed by atoms with E-state index in [0.717, 1.165) is 24.2 Å². The molecule has 1 aliphatic heterocycles. The number of carbonyl (C=O) groups is 1. The Morgan fingerprint density at radius 2 is 1.88 bits per heavy atom.